The first-order valence-corrected chi connectivity index (χ1v) is 14.2. The maximum atomic E-state index is 13.5. The van der Waals surface area contributed by atoms with E-state index in [0.29, 0.717) is 36.9 Å². The standard InChI is InChI=1S/C28H32N7O5P/c1-3-4-15-40-28(38)34-13-11-33(12-14-34)27(37)22(10-16-41-39)31-26(36)23-17-24(35-19-20(2)18-29-35)32-25(30-23)21-8-6-5-7-9-21/h5-9,17-19,22H,3-4,10-15H2,1-2H3,(H,31,36)/t22-/m0/s1. The quantitative estimate of drug-likeness (QED) is 0.301. The van der Waals surface area contributed by atoms with E-state index in [1.165, 1.54) is 6.07 Å². The Morgan fingerprint density at radius 3 is 2.49 bits per heavy atom. The number of benzene rings is 1. The van der Waals surface area contributed by atoms with Crippen molar-refractivity contribution in [3.05, 3.63) is 60.0 Å². The van der Waals surface area contributed by atoms with E-state index in [4.69, 9.17) is 4.74 Å². The van der Waals surface area contributed by atoms with Gasteiger partial charge in [0.2, 0.25) is 0 Å². The van der Waals surface area contributed by atoms with Crippen LogP contribution in [0.2, 0.25) is 0 Å². The number of nitrogens with zero attached hydrogens (tertiary/aromatic N) is 6. The third-order valence-corrected chi connectivity index (χ3v) is 6.77. The van der Waals surface area contributed by atoms with Gasteiger partial charge in [-0.1, -0.05) is 13.3 Å². The van der Waals surface area contributed by atoms with Gasteiger partial charge in [0.25, 0.3) is 0 Å². The fraction of sp³-hybridized carbons (Fsp3) is 0.393. The van der Waals surface area contributed by atoms with Gasteiger partial charge in [0.15, 0.2) is 0 Å². The molecule has 4 rings (SSSR count). The molecule has 0 spiro atoms. The molecule has 1 fully saturated rings. The molecule has 1 aromatic carbocycles. The Morgan fingerprint density at radius 1 is 1.10 bits per heavy atom. The predicted octanol–water partition coefficient (Wildman–Crippen LogP) is 3.46. The minimum absolute atomic E-state index is 0.0409. The van der Waals surface area contributed by atoms with Crippen molar-refractivity contribution < 1.29 is 23.7 Å². The van der Waals surface area contributed by atoms with Crippen LogP contribution in [0.5, 0.6) is 0 Å². The molecular weight excluding hydrogens is 545 g/mol. The number of carbonyl (C=O) groups is 3. The molecule has 13 heteroatoms. The average Bonchev–Trinajstić information content (AvgIpc) is 3.45. The van der Waals surface area contributed by atoms with Crippen LogP contribution < -0.4 is 5.32 Å². The van der Waals surface area contributed by atoms with E-state index in [0.717, 1.165) is 18.4 Å². The van der Waals surface area contributed by atoms with Gasteiger partial charge < -0.3 is 0 Å². The summed E-state index contributed by atoms with van der Waals surface area (Å²) in [5.74, 6) is -0.259. The van der Waals surface area contributed by atoms with E-state index in [2.05, 4.69) is 26.0 Å². The van der Waals surface area contributed by atoms with Crippen LogP contribution in [-0.2, 0) is 14.1 Å². The molecule has 3 heterocycles. The number of hydrogen-bond acceptors (Lipinski definition) is 8. The summed E-state index contributed by atoms with van der Waals surface area (Å²) in [6.45, 7) is 5.44. The number of ether oxygens (including phenoxy) is 1. The molecule has 2 aromatic heterocycles. The number of unbranched alkanes of at least 4 members (excludes halogenated alkanes) is 1. The fourth-order valence-corrected chi connectivity index (χ4v) is 4.47. The summed E-state index contributed by atoms with van der Waals surface area (Å²) in [6, 6.07) is 9.68. The molecule has 0 aliphatic carbocycles. The van der Waals surface area contributed by atoms with E-state index in [1.807, 2.05) is 44.2 Å². The van der Waals surface area contributed by atoms with Gasteiger partial charge in [0, 0.05) is 0 Å². The van der Waals surface area contributed by atoms with Crippen molar-refractivity contribution >= 4 is 25.8 Å². The number of carbonyl (C=O) groups excluding carboxylic acids is 3. The van der Waals surface area contributed by atoms with Gasteiger partial charge in [0.1, 0.15) is 0 Å². The maximum absolute atomic E-state index is 13.5. The summed E-state index contributed by atoms with van der Waals surface area (Å²) in [5.41, 5.74) is 4.24. The van der Waals surface area contributed by atoms with Crippen molar-refractivity contribution in [2.75, 3.05) is 32.8 Å². The van der Waals surface area contributed by atoms with Gasteiger partial charge in [-0.15, -0.1) is 0 Å². The zero-order chi connectivity index (χ0) is 29.2. The molecular formula is C28H32N7O5P. The van der Waals surface area contributed by atoms with Crippen molar-refractivity contribution in [3.8, 4) is 22.8 Å². The molecule has 3 aromatic rings. The van der Waals surface area contributed by atoms with E-state index >= 15 is 0 Å². The van der Waals surface area contributed by atoms with Crippen LogP contribution >= 0.6 is 7.92 Å². The molecule has 1 saturated heterocycles. The van der Waals surface area contributed by atoms with E-state index in [-0.39, 0.29) is 39.0 Å². The third-order valence-electron chi connectivity index (χ3n) is 6.46. The number of hydrogen-bond donors (Lipinski definition) is 1. The van der Waals surface area contributed by atoms with Gasteiger partial charge in [-0.25, -0.2) is 0 Å². The SMILES string of the molecule is CCCCOC(=O)N1CCN(C(=O)[C@H](CC#P=O)NC(=O)c2cc(-n3cc(C)cn3)nc(-c3ccccc3)n2)CC1. The molecule has 41 heavy (non-hydrogen) atoms. The number of aryl methyl sites for hydroxylation is 1. The Kier molecular flexibility index (Phi) is 10.4. The van der Waals surface area contributed by atoms with Gasteiger partial charge in [0.05, 0.1) is 0 Å². The number of rotatable bonds is 9. The summed E-state index contributed by atoms with van der Waals surface area (Å²) in [7, 11) is -0.378. The van der Waals surface area contributed by atoms with Gasteiger partial charge in [-0.3, -0.25) is 0 Å². The Hall–Kier alpha value is -4.27. The Morgan fingerprint density at radius 2 is 1.83 bits per heavy atom. The second kappa shape index (κ2) is 14.4. The van der Waals surface area contributed by atoms with Crippen LogP contribution in [0, 0.1) is 12.6 Å². The van der Waals surface area contributed by atoms with Crippen LogP contribution in [0.4, 0.5) is 4.79 Å². The molecule has 0 saturated carbocycles. The van der Waals surface area contributed by atoms with Crippen molar-refractivity contribution in [1.29, 1.82) is 0 Å². The van der Waals surface area contributed by atoms with Crippen LogP contribution in [0.25, 0.3) is 17.2 Å². The molecule has 1 aliphatic heterocycles. The summed E-state index contributed by atoms with van der Waals surface area (Å²) in [4.78, 5) is 51.3. The number of aromatic nitrogens is 4. The first-order chi connectivity index (χ1) is 19.9. The van der Waals surface area contributed by atoms with E-state index < -0.39 is 18.0 Å². The average molecular weight is 578 g/mol. The molecule has 1 atom stereocenters. The van der Waals surface area contributed by atoms with Gasteiger partial charge >= 0.3 is 226 Å². The summed E-state index contributed by atoms with van der Waals surface area (Å²) >= 11 is 0. The van der Waals surface area contributed by atoms with Gasteiger partial charge in [-0.2, -0.15) is 0 Å². The molecule has 214 valence electrons. The summed E-state index contributed by atoms with van der Waals surface area (Å²) < 4.78 is 18.0. The Bertz CT molecular complexity index is 1480. The molecule has 0 unspecified atom stereocenters. The third kappa shape index (κ3) is 7.90. The molecule has 3 amide bonds. The second-order valence-electron chi connectivity index (χ2n) is 9.52. The normalized spacial score (nSPS) is 13.7. The van der Waals surface area contributed by atoms with Crippen molar-refractivity contribution in [2.45, 2.75) is 39.2 Å². The Labute approximate surface area is 239 Å². The molecule has 12 nitrogen and oxygen atoms in total. The van der Waals surface area contributed by atoms with Crippen molar-refractivity contribution in [1.82, 2.24) is 34.9 Å². The van der Waals surface area contributed by atoms with Crippen LogP contribution in [-0.4, -0.2) is 86.3 Å². The first-order valence-electron chi connectivity index (χ1n) is 13.4. The van der Waals surface area contributed by atoms with E-state index in [1.54, 1.807) is 26.9 Å². The minimum atomic E-state index is -1.03. The Balaban J connectivity index is 1.51. The second-order valence-corrected chi connectivity index (χ2v) is 10.0. The summed E-state index contributed by atoms with van der Waals surface area (Å²) in [5, 5.41) is 7.04. The van der Waals surface area contributed by atoms with E-state index in [9.17, 15) is 18.9 Å². The monoisotopic (exact) mass is 577 g/mol. The number of piperazine rings is 1. The number of nitrogens with one attached hydrogen (secondary N) is 1. The molecule has 1 aliphatic rings. The molecule has 0 bridgehead atoms. The van der Waals surface area contributed by atoms with Crippen LogP contribution in [0.3, 0.4) is 0 Å². The molecule has 1 N–H and O–H groups in total. The zero-order valence-electron chi connectivity index (χ0n) is 23.0. The van der Waals surface area contributed by atoms with Crippen molar-refractivity contribution in [3.63, 3.8) is 0 Å². The van der Waals surface area contributed by atoms with Crippen molar-refractivity contribution in [2.24, 2.45) is 0 Å². The molecule has 0 radical (unpaired) electrons. The summed E-state index contributed by atoms with van der Waals surface area (Å²) in [6.07, 6.45) is 4.70. The topological polar surface area (TPSA) is 140 Å². The fourth-order valence-electron chi connectivity index (χ4n) is 4.21. The van der Waals surface area contributed by atoms with Crippen LogP contribution in [0.1, 0.15) is 42.2 Å². The predicted molar refractivity (Wildman–Crippen MR) is 151 cm³/mol. The van der Waals surface area contributed by atoms with Crippen LogP contribution in [0.15, 0.2) is 48.8 Å². The first kappa shape index (κ1) is 29.7. The number of amides is 3. The van der Waals surface area contributed by atoms with Gasteiger partial charge in [-0.05, 0) is 0 Å². The zero-order valence-corrected chi connectivity index (χ0v) is 23.9.